The molecule has 1 aromatic carbocycles. The maximum Gasteiger partial charge on any atom is 0.339 e. The molecule has 0 saturated carbocycles. The fraction of sp³-hybridized carbons (Fsp3) is 0.312. The summed E-state index contributed by atoms with van der Waals surface area (Å²) in [5, 5.41) is 9.39. The smallest absolute Gasteiger partial charge is 0.339 e. The molecule has 1 N–H and O–H groups in total. The van der Waals surface area contributed by atoms with Gasteiger partial charge in [-0.05, 0) is 25.1 Å². The van der Waals surface area contributed by atoms with Gasteiger partial charge in [-0.1, -0.05) is 6.58 Å². The van der Waals surface area contributed by atoms with Crippen molar-refractivity contribution in [3.63, 3.8) is 0 Å². The van der Waals surface area contributed by atoms with Gasteiger partial charge >= 0.3 is 17.9 Å². The maximum absolute atomic E-state index is 12.0. The first-order valence-electron chi connectivity index (χ1n) is 6.78. The fourth-order valence-corrected chi connectivity index (χ4v) is 1.58. The number of methoxy groups -OCH3 is 1. The number of rotatable bonds is 7. The lowest BCUT2D eigenvalue weighted by atomic mass is 10.1. The Kier molecular flexibility index (Phi) is 6.79. The molecule has 0 aliphatic rings. The normalized spacial score (nSPS) is 9.83. The molecule has 0 aromatic heterocycles. The molecule has 7 nitrogen and oxygen atoms in total. The first kappa shape index (κ1) is 18.2. The highest BCUT2D eigenvalue weighted by molar-refractivity contribution is 6.03. The van der Waals surface area contributed by atoms with E-state index in [1.54, 1.807) is 0 Å². The summed E-state index contributed by atoms with van der Waals surface area (Å²) in [6, 6.07) is 3.65. The van der Waals surface area contributed by atoms with Crippen LogP contribution in [0.25, 0.3) is 0 Å². The van der Waals surface area contributed by atoms with Gasteiger partial charge in [-0.15, -0.1) is 0 Å². The van der Waals surface area contributed by atoms with Crippen LogP contribution in [0.2, 0.25) is 0 Å². The van der Waals surface area contributed by atoms with Gasteiger partial charge in [-0.3, -0.25) is 0 Å². The van der Waals surface area contributed by atoms with E-state index in [1.807, 2.05) is 0 Å². The maximum atomic E-state index is 12.0. The van der Waals surface area contributed by atoms with Gasteiger partial charge in [0.05, 0.1) is 31.5 Å². The van der Waals surface area contributed by atoms with Crippen LogP contribution < -0.4 is 0 Å². The Bertz CT molecular complexity index is 619. The molecule has 0 bridgehead atoms. The van der Waals surface area contributed by atoms with E-state index in [0.717, 1.165) is 13.2 Å². The van der Waals surface area contributed by atoms with Crippen LogP contribution in [0.3, 0.4) is 0 Å². The van der Waals surface area contributed by atoms with Gasteiger partial charge in [0, 0.05) is 12.0 Å². The summed E-state index contributed by atoms with van der Waals surface area (Å²) in [5.41, 5.74) is 0.175. The van der Waals surface area contributed by atoms with E-state index in [9.17, 15) is 19.5 Å². The zero-order valence-corrected chi connectivity index (χ0v) is 13.0. The zero-order valence-electron chi connectivity index (χ0n) is 13.0. The molecule has 0 amide bonds. The summed E-state index contributed by atoms with van der Waals surface area (Å²) in [6.07, 6.45) is 0.302. The third-order valence-electron chi connectivity index (χ3n) is 2.73. The first-order chi connectivity index (χ1) is 10.9. The molecule has 0 aliphatic carbocycles. The van der Waals surface area contributed by atoms with Gasteiger partial charge in [0.15, 0.2) is 0 Å². The van der Waals surface area contributed by atoms with Crippen molar-refractivity contribution in [1.29, 1.82) is 0 Å². The Morgan fingerprint density at radius 1 is 1.09 bits per heavy atom. The van der Waals surface area contributed by atoms with Crippen molar-refractivity contribution in [2.45, 2.75) is 13.3 Å². The molecular formula is C16H18O7. The van der Waals surface area contributed by atoms with Gasteiger partial charge < -0.3 is 19.3 Å². The van der Waals surface area contributed by atoms with Gasteiger partial charge in [-0.2, -0.15) is 0 Å². The number of hydrogen-bond acceptors (Lipinski definition) is 7. The van der Waals surface area contributed by atoms with Crippen LogP contribution in [0.1, 0.15) is 34.1 Å². The molecule has 0 atom stereocenters. The molecule has 0 saturated heterocycles. The van der Waals surface area contributed by atoms with E-state index in [-0.39, 0.29) is 35.7 Å². The standard InChI is InChI=1S/C16H18O7/c1-10(2)14(18)22-7-4-8-23-16(20)12-6-5-11(17)9-13(12)15(19)21-3/h5-6,9,17H,1,4,7-8H2,2-3H3. The van der Waals surface area contributed by atoms with E-state index in [2.05, 4.69) is 11.3 Å². The summed E-state index contributed by atoms with van der Waals surface area (Å²) in [6.45, 7) is 5.05. The molecule has 0 spiro atoms. The molecule has 124 valence electrons. The lowest BCUT2D eigenvalue weighted by Crippen LogP contribution is -2.15. The highest BCUT2D eigenvalue weighted by Crippen LogP contribution is 2.18. The van der Waals surface area contributed by atoms with Crippen LogP contribution in [0.4, 0.5) is 0 Å². The van der Waals surface area contributed by atoms with Gasteiger partial charge in [0.1, 0.15) is 5.75 Å². The Hall–Kier alpha value is -2.83. The molecule has 0 fully saturated rings. The predicted octanol–water partition coefficient (Wildman–Crippen LogP) is 1.84. The van der Waals surface area contributed by atoms with E-state index < -0.39 is 17.9 Å². The monoisotopic (exact) mass is 322 g/mol. The summed E-state index contributed by atoms with van der Waals surface area (Å²) < 4.78 is 14.4. The summed E-state index contributed by atoms with van der Waals surface area (Å²) in [7, 11) is 1.16. The number of carbonyl (C=O) groups excluding carboxylic acids is 3. The largest absolute Gasteiger partial charge is 0.508 e. The van der Waals surface area contributed by atoms with Crippen molar-refractivity contribution in [3.8, 4) is 5.75 Å². The second-order valence-corrected chi connectivity index (χ2v) is 4.63. The predicted molar refractivity (Wildman–Crippen MR) is 80.1 cm³/mol. The molecule has 0 aliphatic heterocycles. The second kappa shape index (κ2) is 8.57. The van der Waals surface area contributed by atoms with Crippen LogP contribution in [-0.4, -0.2) is 43.3 Å². The number of phenolic OH excluding ortho intramolecular Hbond substituents is 1. The highest BCUT2D eigenvalue weighted by atomic mass is 16.5. The molecule has 1 rings (SSSR count). The van der Waals surface area contributed by atoms with Crippen molar-refractivity contribution < 1.29 is 33.7 Å². The fourth-order valence-electron chi connectivity index (χ4n) is 1.58. The quantitative estimate of drug-likeness (QED) is 0.354. The van der Waals surface area contributed by atoms with Crippen molar-refractivity contribution >= 4 is 17.9 Å². The summed E-state index contributed by atoms with van der Waals surface area (Å²) >= 11 is 0. The minimum Gasteiger partial charge on any atom is -0.508 e. The second-order valence-electron chi connectivity index (χ2n) is 4.63. The number of esters is 3. The van der Waals surface area contributed by atoms with Crippen LogP contribution >= 0.6 is 0 Å². The molecule has 0 heterocycles. The van der Waals surface area contributed by atoms with E-state index in [4.69, 9.17) is 9.47 Å². The minimum absolute atomic E-state index is 0.00376. The lowest BCUT2D eigenvalue weighted by Gasteiger charge is -2.09. The lowest BCUT2D eigenvalue weighted by molar-refractivity contribution is -0.139. The number of ether oxygens (including phenoxy) is 3. The van der Waals surface area contributed by atoms with Gasteiger partial charge in [-0.25, -0.2) is 14.4 Å². The number of phenols is 1. The van der Waals surface area contributed by atoms with Crippen molar-refractivity contribution in [2.24, 2.45) is 0 Å². The van der Waals surface area contributed by atoms with E-state index in [1.165, 1.54) is 19.1 Å². The first-order valence-corrected chi connectivity index (χ1v) is 6.78. The summed E-state index contributed by atoms with van der Waals surface area (Å²) in [4.78, 5) is 34.7. The highest BCUT2D eigenvalue weighted by Gasteiger charge is 2.19. The minimum atomic E-state index is -0.761. The summed E-state index contributed by atoms with van der Waals surface area (Å²) in [5.74, 6) is -2.18. The SMILES string of the molecule is C=C(C)C(=O)OCCCOC(=O)c1ccc(O)cc1C(=O)OC. The Balaban J connectivity index is 2.57. The molecule has 7 heteroatoms. The molecular weight excluding hydrogens is 304 g/mol. The topological polar surface area (TPSA) is 99.1 Å². The van der Waals surface area contributed by atoms with Crippen molar-refractivity contribution in [3.05, 3.63) is 41.5 Å². The molecule has 0 radical (unpaired) electrons. The number of benzene rings is 1. The van der Waals surface area contributed by atoms with Gasteiger partial charge in [0.2, 0.25) is 0 Å². The molecule has 1 aromatic rings. The van der Waals surface area contributed by atoms with Crippen molar-refractivity contribution in [1.82, 2.24) is 0 Å². The van der Waals surface area contributed by atoms with Crippen LogP contribution in [0, 0.1) is 0 Å². The van der Waals surface area contributed by atoms with Crippen LogP contribution in [0.5, 0.6) is 5.75 Å². The molecule has 23 heavy (non-hydrogen) atoms. The third-order valence-corrected chi connectivity index (χ3v) is 2.73. The van der Waals surface area contributed by atoms with Crippen LogP contribution in [-0.2, 0) is 19.0 Å². The zero-order chi connectivity index (χ0) is 17.4. The average Bonchev–Trinajstić information content (AvgIpc) is 2.53. The van der Waals surface area contributed by atoms with E-state index >= 15 is 0 Å². The third kappa shape index (κ3) is 5.46. The van der Waals surface area contributed by atoms with Crippen molar-refractivity contribution in [2.75, 3.05) is 20.3 Å². The van der Waals surface area contributed by atoms with Gasteiger partial charge in [0.25, 0.3) is 0 Å². The van der Waals surface area contributed by atoms with Crippen LogP contribution in [0.15, 0.2) is 30.4 Å². The Morgan fingerprint density at radius 2 is 1.74 bits per heavy atom. The number of aromatic hydroxyl groups is 1. The molecule has 0 unspecified atom stereocenters. The number of carbonyl (C=O) groups is 3. The Labute approximate surface area is 133 Å². The van der Waals surface area contributed by atoms with E-state index in [0.29, 0.717) is 6.42 Å². The number of hydrogen-bond donors (Lipinski definition) is 1. The average molecular weight is 322 g/mol. The Morgan fingerprint density at radius 3 is 2.35 bits per heavy atom.